The van der Waals surface area contributed by atoms with Crippen molar-refractivity contribution in [2.75, 3.05) is 0 Å². The highest BCUT2D eigenvalue weighted by Crippen LogP contribution is 2.21. The minimum Gasteiger partial charge on any atom is -0.262 e. The van der Waals surface area contributed by atoms with Gasteiger partial charge in [0.05, 0.1) is 0 Å². The normalized spacial score (nSPS) is 29.4. The highest BCUT2D eigenvalue weighted by molar-refractivity contribution is 6.35. The summed E-state index contributed by atoms with van der Waals surface area (Å²) in [4.78, 5) is 23.5. The van der Waals surface area contributed by atoms with Crippen LogP contribution in [0.3, 0.4) is 0 Å². The second-order valence-electron chi connectivity index (χ2n) is 6.38. The predicted molar refractivity (Wildman–Crippen MR) is 86.4 cm³/mol. The lowest BCUT2D eigenvalue weighted by Crippen LogP contribution is -2.37. The van der Waals surface area contributed by atoms with Crippen molar-refractivity contribution < 1.29 is 9.59 Å². The Kier molecular flexibility index (Phi) is 6.10. The smallest absolute Gasteiger partial charge is 0.262 e. The van der Waals surface area contributed by atoms with E-state index in [4.69, 9.17) is 0 Å². The number of hydrogen-bond acceptors (Lipinski definition) is 4. The summed E-state index contributed by atoms with van der Waals surface area (Å²) < 4.78 is 0. The minimum absolute atomic E-state index is 0.375. The van der Waals surface area contributed by atoms with E-state index in [0.717, 1.165) is 49.9 Å². The first-order valence-electron chi connectivity index (χ1n) is 8.31. The first-order valence-corrected chi connectivity index (χ1v) is 8.31. The molecule has 2 aliphatic carbocycles. The quantitative estimate of drug-likeness (QED) is 0.606. The van der Waals surface area contributed by atoms with Crippen molar-refractivity contribution in [3.05, 3.63) is 0 Å². The van der Waals surface area contributed by atoms with Crippen LogP contribution in [0.1, 0.15) is 65.2 Å². The lowest BCUT2D eigenvalue weighted by atomic mass is 9.89. The Bertz CT molecular complexity index is 441. The molecule has 0 bridgehead atoms. The molecule has 2 atom stereocenters. The fraction of sp³-hybridized carbons (Fsp3) is 0.750. The number of nitrogens with zero attached hydrogens (tertiary/aromatic N) is 2. The van der Waals surface area contributed by atoms with Crippen LogP contribution in [0.2, 0.25) is 0 Å². The predicted octanol–water partition coefficient (Wildman–Crippen LogP) is 2.35. The van der Waals surface area contributed by atoms with Crippen molar-refractivity contribution in [3.63, 3.8) is 0 Å². The molecule has 0 radical (unpaired) electrons. The van der Waals surface area contributed by atoms with Crippen LogP contribution < -0.4 is 10.9 Å². The van der Waals surface area contributed by atoms with Crippen LogP contribution in [-0.4, -0.2) is 23.2 Å². The third kappa shape index (κ3) is 4.64. The van der Waals surface area contributed by atoms with E-state index < -0.39 is 11.8 Å². The summed E-state index contributed by atoms with van der Waals surface area (Å²) >= 11 is 0. The molecule has 2 fully saturated rings. The highest BCUT2D eigenvalue weighted by atomic mass is 16.2. The molecule has 0 aliphatic heterocycles. The average Bonchev–Trinajstić information content (AvgIpc) is 2.52. The molecule has 2 N–H and O–H groups in total. The van der Waals surface area contributed by atoms with Crippen LogP contribution in [0.15, 0.2) is 10.2 Å². The summed E-state index contributed by atoms with van der Waals surface area (Å²) in [7, 11) is 0. The Morgan fingerprint density at radius 1 is 0.818 bits per heavy atom. The molecule has 0 heterocycles. The van der Waals surface area contributed by atoms with Crippen LogP contribution in [0.25, 0.3) is 0 Å². The number of carbonyl (C=O) groups is 2. The van der Waals surface area contributed by atoms with E-state index in [1.165, 1.54) is 12.8 Å². The maximum atomic E-state index is 11.7. The summed E-state index contributed by atoms with van der Waals surface area (Å²) in [6.07, 6.45) is 8.55. The summed E-state index contributed by atoms with van der Waals surface area (Å²) in [5.74, 6) is -0.753. The Hall–Kier alpha value is -1.72. The lowest BCUT2D eigenvalue weighted by Gasteiger charge is -2.20. The van der Waals surface area contributed by atoms with E-state index in [1.54, 1.807) is 0 Å². The monoisotopic (exact) mass is 306 g/mol. The Labute approximate surface area is 131 Å². The molecule has 0 saturated heterocycles. The topological polar surface area (TPSA) is 82.9 Å². The summed E-state index contributed by atoms with van der Waals surface area (Å²) in [5, 5.41) is 8.21. The van der Waals surface area contributed by atoms with E-state index in [9.17, 15) is 9.59 Å². The van der Waals surface area contributed by atoms with E-state index in [1.807, 2.05) is 0 Å². The first-order chi connectivity index (χ1) is 10.6. The third-order valence-corrected chi connectivity index (χ3v) is 4.59. The van der Waals surface area contributed by atoms with Crippen LogP contribution in [-0.2, 0) is 9.59 Å². The van der Waals surface area contributed by atoms with Crippen molar-refractivity contribution >= 4 is 23.2 Å². The number of hydrazone groups is 2. The van der Waals surface area contributed by atoms with Gasteiger partial charge in [-0.3, -0.25) is 9.59 Å². The van der Waals surface area contributed by atoms with E-state index in [2.05, 4.69) is 34.9 Å². The van der Waals surface area contributed by atoms with Crippen molar-refractivity contribution in [1.29, 1.82) is 0 Å². The molecular weight excluding hydrogens is 280 g/mol. The van der Waals surface area contributed by atoms with Gasteiger partial charge in [-0.1, -0.05) is 26.7 Å². The van der Waals surface area contributed by atoms with Gasteiger partial charge in [-0.2, -0.15) is 10.2 Å². The molecule has 2 saturated carbocycles. The fourth-order valence-corrected chi connectivity index (χ4v) is 3.02. The molecule has 22 heavy (non-hydrogen) atoms. The SMILES string of the molecule is C[C@@H]1CCCCC1=NNC(=O)C(=O)N/N=C1/CCCC[C@@H]1C. The van der Waals surface area contributed by atoms with E-state index >= 15 is 0 Å². The van der Waals surface area contributed by atoms with Gasteiger partial charge >= 0.3 is 11.8 Å². The van der Waals surface area contributed by atoms with Gasteiger partial charge in [0.1, 0.15) is 0 Å². The van der Waals surface area contributed by atoms with Gasteiger partial charge in [0.15, 0.2) is 0 Å². The number of amides is 2. The third-order valence-electron chi connectivity index (χ3n) is 4.59. The largest absolute Gasteiger partial charge is 0.331 e. The van der Waals surface area contributed by atoms with Gasteiger partial charge in [0.2, 0.25) is 0 Å². The second-order valence-corrected chi connectivity index (χ2v) is 6.38. The highest BCUT2D eigenvalue weighted by Gasteiger charge is 2.19. The summed E-state index contributed by atoms with van der Waals surface area (Å²) in [6.45, 7) is 4.20. The van der Waals surface area contributed by atoms with Crippen LogP contribution in [0, 0.1) is 11.8 Å². The Morgan fingerprint density at radius 2 is 1.23 bits per heavy atom. The van der Waals surface area contributed by atoms with E-state index in [-0.39, 0.29) is 0 Å². The number of carbonyl (C=O) groups excluding carboxylic acids is 2. The van der Waals surface area contributed by atoms with Crippen molar-refractivity contribution in [1.82, 2.24) is 10.9 Å². The molecule has 0 spiro atoms. The molecule has 0 unspecified atom stereocenters. The second kappa shape index (κ2) is 8.06. The summed E-state index contributed by atoms with van der Waals surface area (Å²) in [5.41, 5.74) is 6.64. The van der Waals surface area contributed by atoms with Gasteiger partial charge in [-0.25, -0.2) is 10.9 Å². The number of rotatable bonds is 2. The molecule has 6 nitrogen and oxygen atoms in total. The molecule has 6 heteroatoms. The molecular formula is C16H26N4O2. The maximum Gasteiger partial charge on any atom is 0.331 e. The minimum atomic E-state index is -0.752. The van der Waals surface area contributed by atoms with Gasteiger partial charge < -0.3 is 0 Å². The van der Waals surface area contributed by atoms with Gasteiger partial charge in [0.25, 0.3) is 0 Å². The number of nitrogens with one attached hydrogen (secondary N) is 2. The Balaban J connectivity index is 1.83. The molecule has 2 amide bonds. The number of hydrogen-bond donors (Lipinski definition) is 2. The zero-order valence-corrected chi connectivity index (χ0v) is 13.5. The average molecular weight is 306 g/mol. The van der Waals surface area contributed by atoms with Crippen LogP contribution >= 0.6 is 0 Å². The van der Waals surface area contributed by atoms with Crippen LogP contribution in [0.4, 0.5) is 0 Å². The zero-order valence-electron chi connectivity index (χ0n) is 13.5. The Morgan fingerprint density at radius 3 is 1.59 bits per heavy atom. The molecule has 0 aromatic heterocycles. The molecule has 2 aliphatic rings. The maximum absolute atomic E-state index is 11.7. The van der Waals surface area contributed by atoms with Crippen molar-refractivity contribution in [2.45, 2.75) is 65.2 Å². The molecule has 2 rings (SSSR count). The van der Waals surface area contributed by atoms with Gasteiger partial charge in [0, 0.05) is 11.4 Å². The molecule has 0 aromatic carbocycles. The fourth-order valence-electron chi connectivity index (χ4n) is 3.02. The molecule has 0 aromatic rings. The van der Waals surface area contributed by atoms with Crippen LogP contribution in [0.5, 0.6) is 0 Å². The standard InChI is InChI=1S/C16H26N4O2/c1-11-7-3-5-9-13(11)17-19-15(21)16(22)20-18-14-10-6-4-8-12(14)2/h11-12H,3-10H2,1-2H3,(H,19,21)(H,20,22)/b17-13-,18-14?/t11-,12+/m0/s1. The van der Waals surface area contributed by atoms with E-state index in [0.29, 0.717) is 11.8 Å². The van der Waals surface area contributed by atoms with Gasteiger partial charge in [-0.15, -0.1) is 0 Å². The van der Waals surface area contributed by atoms with Crippen molar-refractivity contribution in [3.8, 4) is 0 Å². The van der Waals surface area contributed by atoms with Gasteiger partial charge in [-0.05, 0) is 50.4 Å². The van der Waals surface area contributed by atoms with Crippen molar-refractivity contribution in [2.24, 2.45) is 22.0 Å². The molecule has 122 valence electrons. The summed E-state index contributed by atoms with van der Waals surface area (Å²) in [6, 6.07) is 0. The lowest BCUT2D eigenvalue weighted by molar-refractivity contribution is -0.139. The zero-order chi connectivity index (χ0) is 15.9. The first kappa shape index (κ1) is 16.6.